The van der Waals surface area contributed by atoms with Crippen LogP contribution in [-0.4, -0.2) is 40.4 Å². The third kappa shape index (κ3) is 3.42. The molecule has 168 valence electrons. The first-order chi connectivity index (χ1) is 16.0. The number of aromatic nitrogens is 1. The van der Waals surface area contributed by atoms with E-state index in [0.717, 1.165) is 12.1 Å². The first kappa shape index (κ1) is 20.7. The average molecular weight is 451 g/mol. The molecule has 3 heterocycles. The van der Waals surface area contributed by atoms with Gasteiger partial charge in [0.15, 0.2) is 23.0 Å². The first-order valence-corrected chi connectivity index (χ1v) is 10.3. The summed E-state index contributed by atoms with van der Waals surface area (Å²) in [6.07, 6.45) is 4.64. The highest BCUT2D eigenvalue weighted by Crippen LogP contribution is 2.38. The molecule has 1 atom stereocenters. The van der Waals surface area contributed by atoms with E-state index in [4.69, 9.17) is 4.74 Å². The number of amides is 1. The predicted molar refractivity (Wildman–Crippen MR) is 116 cm³/mol. The zero-order valence-electron chi connectivity index (χ0n) is 17.3. The molecule has 2 bridgehead atoms. The SMILES string of the molecule is O=C1c2c(O)c(=O)ccn2N2CN1CC=CCOc1c(ccc(F)c1F)C2c1ccccc1. The van der Waals surface area contributed by atoms with E-state index in [1.807, 2.05) is 18.2 Å². The van der Waals surface area contributed by atoms with E-state index in [2.05, 4.69) is 0 Å². The number of hydrogen-bond acceptors (Lipinski definition) is 5. The van der Waals surface area contributed by atoms with Gasteiger partial charge in [-0.25, -0.2) is 4.39 Å². The normalized spacial score (nSPS) is 17.6. The zero-order valence-corrected chi connectivity index (χ0v) is 17.3. The minimum Gasteiger partial charge on any atom is -0.502 e. The number of aromatic hydroxyl groups is 1. The van der Waals surface area contributed by atoms with Crippen molar-refractivity contribution < 1.29 is 23.4 Å². The third-order valence-corrected chi connectivity index (χ3v) is 5.74. The van der Waals surface area contributed by atoms with Gasteiger partial charge < -0.3 is 14.7 Å². The molecule has 1 amide bonds. The Labute approximate surface area is 187 Å². The van der Waals surface area contributed by atoms with E-state index in [9.17, 15) is 23.5 Å². The van der Waals surface area contributed by atoms with Crippen molar-refractivity contribution in [3.05, 3.63) is 106 Å². The van der Waals surface area contributed by atoms with Crippen LogP contribution in [0.5, 0.6) is 11.5 Å². The second kappa shape index (κ2) is 8.09. The van der Waals surface area contributed by atoms with Crippen molar-refractivity contribution in [1.82, 2.24) is 9.58 Å². The largest absolute Gasteiger partial charge is 0.502 e. The molecule has 3 aromatic rings. The lowest BCUT2D eigenvalue weighted by molar-refractivity contribution is 0.0701. The number of pyridine rings is 1. The van der Waals surface area contributed by atoms with Gasteiger partial charge in [-0.3, -0.25) is 19.3 Å². The average Bonchev–Trinajstić information content (AvgIpc) is 2.85. The van der Waals surface area contributed by atoms with Gasteiger partial charge in [0.25, 0.3) is 5.91 Å². The van der Waals surface area contributed by atoms with Crippen LogP contribution in [-0.2, 0) is 0 Å². The fourth-order valence-electron chi connectivity index (χ4n) is 4.19. The van der Waals surface area contributed by atoms with Gasteiger partial charge in [-0.2, -0.15) is 4.39 Å². The van der Waals surface area contributed by atoms with E-state index in [1.165, 1.54) is 21.8 Å². The molecule has 0 aliphatic carbocycles. The van der Waals surface area contributed by atoms with Crippen LogP contribution in [0.1, 0.15) is 27.7 Å². The van der Waals surface area contributed by atoms with Gasteiger partial charge in [0.1, 0.15) is 19.3 Å². The molecule has 1 unspecified atom stereocenters. The first-order valence-electron chi connectivity index (χ1n) is 10.3. The number of nitrogens with zero attached hydrogens (tertiary/aromatic N) is 3. The molecule has 0 saturated heterocycles. The number of rotatable bonds is 1. The molecule has 1 aromatic heterocycles. The quantitative estimate of drug-likeness (QED) is 0.576. The van der Waals surface area contributed by atoms with Crippen LogP contribution >= 0.6 is 0 Å². The molecule has 33 heavy (non-hydrogen) atoms. The minimum atomic E-state index is -1.12. The van der Waals surface area contributed by atoms with Crippen molar-refractivity contribution in [1.29, 1.82) is 0 Å². The number of carbonyl (C=O) groups excluding carboxylic acids is 1. The Balaban J connectivity index is 1.83. The Hall–Kier alpha value is -4.14. The maximum absolute atomic E-state index is 14.9. The van der Waals surface area contributed by atoms with Gasteiger partial charge >= 0.3 is 0 Å². The summed E-state index contributed by atoms with van der Waals surface area (Å²) < 4.78 is 36.1. The predicted octanol–water partition coefficient (Wildman–Crippen LogP) is 2.92. The summed E-state index contributed by atoms with van der Waals surface area (Å²) in [6.45, 7) is 0.180. The molecule has 9 heteroatoms. The summed E-state index contributed by atoms with van der Waals surface area (Å²) in [7, 11) is 0. The molecule has 0 spiro atoms. The maximum Gasteiger partial charge on any atom is 0.278 e. The van der Waals surface area contributed by atoms with Gasteiger partial charge in [-0.05, 0) is 23.8 Å². The summed E-state index contributed by atoms with van der Waals surface area (Å²) in [5, 5.41) is 12.2. The van der Waals surface area contributed by atoms with Crippen LogP contribution in [0.15, 0.2) is 71.7 Å². The van der Waals surface area contributed by atoms with Gasteiger partial charge in [0, 0.05) is 24.4 Å². The molecule has 2 aromatic carbocycles. The monoisotopic (exact) mass is 451 g/mol. The van der Waals surface area contributed by atoms with Gasteiger partial charge in [-0.15, -0.1) is 0 Å². The molecular weight excluding hydrogens is 432 g/mol. The van der Waals surface area contributed by atoms with E-state index in [-0.39, 0.29) is 31.3 Å². The number of benzene rings is 2. The van der Waals surface area contributed by atoms with Crippen molar-refractivity contribution in [2.75, 3.05) is 24.8 Å². The fraction of sp³-hybridized carbons (Fsp3) is 0.167. The number of fused-ring (bicyclic) bond motifs is 5. The molecule has 2 aliphatic heterocycles. The molecule has 0 saturated carbocycles. The molecule has 2 aliphatic rings. The molecule has 5 rings (SSSR count). The second-order valence-electron chi connectivity index (χ2n) is 7.71. The fourth-order valence-corrected chi connectivity index (χ4v) is 4.19. The van der Waals surface area contributed by atoms with Crippen LogP contribution in [0.3, 0.4) is 0 Å². The summed E-state index contributed by atoms with van der Waals surface area (Å²) in [5.41, 5.74) is 0.143. The van der Waals surface area contributed by atoms with Crippen molar-refractivity contribution in [2.24, 2.45) is 0 Å². The lowest BCUT2D eigenvalue weighted by Gasteiger charge is -2.43. The molecule has 0 fully saturated rings. The number of ether oxygens (including phenoxy) is 1. The topological polar surface area (TPSA) is 75.0 Å². The lowest BCUT2D eigenvalue weighted by Crippen LogP contribution is -2.55. The molecular formula is C24H19F2N3O4. The van der Waals surface area contributed by atoms with Crippen LogP contribution < -0.4 is 15.2 Å². The third-order valence-electron chi connectivity index (χ3n) is 5.74. The Bertz CT molecular complexity index is 1320. The van der Waals surface area contributed by atoms with Crippen LogP contribution in [0, 0.1) is 11.6 Å². The number of carbonyl (C=O) groups is 1. The van der Waals surface area contributed by atoms with Crippen LogP contribution in [0.2, 0.25) is 0 Å². The van der Waals surface area contributed by atoms with Crippen LogP contribution in [0.4, 0.5) is 8.78 Å². The summed E-state index contributed by atoms with van der Waals surface area (Å²) in [6, 6.07) is 11.9. The summed E-state index contributed by atoms with van der Waals surface area (Å²) in [4.78, 5) is 26.7. The Kier molecular flexibility index (Phi) is 5.08. The van der Waals surface area contributed by atoms with E-state index >= 15 is 0 Å². The number of halogens is 2. The zero-order chi connectivity index (χ0) is 23.1. The van der Waals surface area contributed by atoms with E-state index in [0.29, 0.717) is 11.1 Å². The Morgan fingerprint density at radius 1 is 1.00 bits per heavy atom. The Morgan fingerprint density at radius 3 is 2.58 bits per heavy atom. The molecule has 1 N–H and O–H groups in total. The highest BCUT2D eigenvalue weighted by atomic mass is 19.2. The second-order valence-corrected chi connectivity index (χ2v) is 7.71. The lowest BCUT2D eigenvalue weighted by atomic mass is 9.96. The summed E-state index contributed by atoms with van der Waals surface area (Å²) >= 11 is 0. The molecule has 7 nitrogen and oxygen atoms in total. The van der Waals surface area contributed by atoms with Crippen molar-refractivity contribution >= 4 is 5.91 Å². The highest BCUT2D eigenvalue weighted by molar-refractivity contribution is 5.96. The minimum absolute atomic E-state index is 0.0348. The van der Waals surface area contributed by atoms with Gasteiger partial charge in [-0.1, -0.05) is 36.4 Å². The summed E-state index contributed by atoms with van der Waals surface area (Å²) in [5.74, 6) is -3.61. The number of hydrogen-bond donors (Lipinski definition) is 1. The standard InChI is InChI=1S/C24H19F2N3O4/c25-17-9-8-16-20(15-6-2-1-3-7-15)29-14-27(11-4-5-13-33-23(16)19(17)26)24(32)21-22(31)18(30)10-12-28(21)29/h1-10,12,20,31H,11,13-14H2. The van der Waals surface area contributed by atoms with Crippen molar-refractivity contribution in [3.8, 4) is 11.5 Å². The van der Waals surface area contributed by atoms with Gasteiger partial charge in [0.2, 0.25) is 11.2 Å². The van der Waals surface area contributed by atoms with Crippen molar-refractivity contribution in [3.63, 3.8) is 0 Å². The van der Waals surface area contributed by atoms with E-state index in [1.54, 1.807) is 29.3 Å². The maximum atomic E-state index is 14.9. The van der Waals surface area contributed by atoms with Crippen molar-refractivity contribution in [2.45, 2.75) is 6.04 Å². The van der Waals surface area contributed by atoms with Gasteiger partial charge in [0.05, 0.1) is 0 Å². The smallest absolute Gasteiger partial charge is 0.278 e. The Morgan fingerprint density at radius 2 is 1.79 bits per heavy atom. The molecule has 0 radical (unpaired) electrons. The van der Waals surface area contributed by atoms with Crippen LogP contribution in [0.25, 0.3) is 0 Å². The highest BCUT2D eigenvalue weighted by Gasteiger charge is 2.38. The van der Waals surface area contributed by atoms with E-state index < -0.39 is 34.8 Å².